The van der Waals surface area contributed by atoms with Crippen LogP contribution in [0.15, 0.2) is 35.3 Å². The van der Waals surface area contributed by atoms with Crippen LogP contribution >= 0.6 is 11.6 Å². The number of nitrogens with zero attached hydrogens (tertiary/aromatic N) is 1. The maximum Gasteiger partial charge on any atom is 0.341 e. The summed E-state index contributed by atoms with van der Waals surface area (Å²) in [7, 11) is 0. The van der Waals surface area contributed by atoms with Gasteiger partial charge in [-0.25, -0.2) is 9.18 Å². The quantitative estimate of drug-likeness (QED) is 0.821. The third-order valence-corrected chi connectivity index (χ3v) is 3.58. The second-order valence-electron chi connectivity index (χ2n) is 6.60. The summed E-state index contributed by atoms with van der Waals surface area (Å²) in [6.45, 7) is 4.56. The van der Waals surface area contributed by atoms with Gasteiger partial charge in [0, 0.05) is 6.20 Å². The van der Waals surface area contributed by atoms with E-state index in [0.29, 0.717) is 11.1 Å². The van der Waals surface area contributed by atoms with Crippen LogP contribution < -0.4 is 5.56 Å². The first-order valence-corrected chi connectivity index (χ1v) is 8.01. The van der Waals surface area contributed by atoms with Crippen LogP contribution in [0.4, 0.5) is 4.39 Å². The molecule has 0 bridgehead atoms. The van der Waals surface area contributed by atoms with Gasteiger partial charge in [0.15, 0.2) is 0 Å². The molecular formula is C18H17ClFNO5. The lowest BCUT2D eigenvalue weighted by molar-refractivity contribution is -0.155. The Morgan fingerprint density at radius 2 is 1.88 bits per heavy atom. The molecule has 0 fully saturated rings. The number of carboxylic acid groups (broad SMARTS) is 1. The number of carbonyl (C=O) groups excluding carboxylic acids is 1. The first-order chi connectivity index (χ1) is 12.0. The molecule has 0 amide bonds. The molecule has 0 aliphatic rings. The van der Waals surface area contributed by atoms with E-state index < -0.39 is 41.0 Å². The van der Waals surface area contributed by atoms with Gasteiger partial charge in [0.2, 0.25) is 0 Å². The summed E-state index contributed by atoms with van der Waals surface area (Å²) in [6, 6.07) is 4.98. The molecule has 0 spiro atoms. The number of rotatable bonds is 4. The number of esters is 1. The smallest absolute Gasteiger partial charge is 0.341 e. The second kappa shape index (κ2) is 7.29. The largest absolute Gasteiger partial charge is 0.477 e. The lowest BCUT2D eigenvalue weighted by Gasteiger charge is -2.20. The first-order valence-electron chi connectivity index (χ1n) is 7.63. The van der Waals surface area contributed by atoms with Crippen molar-refractivity contribution in [1.82, 2.24) is 4.57 Å². The molecule has 138 valence electrons. The summed E-state index contributed by atoms with van der Waals surface area (Å²) in [6.07, 6.45) is 1.31. The normalized spacial score (nSPS) is 11.3. The molecule has 1 aromatic heterocycles. The third-order valence-electron chi connectivity index (χ3n) is 3.29. The fourth-order valence-corrected chi connectivity index (χ4v) is 2.43. The van der Waals surface area contributed by atoms with Crippen molar-refractivity contribution in [3.05, 3.63) is 57.2 Å². The maximum absolute atomic E-state index is 13.4. The summed E-state index contributed by atoms with van der Waals surface area (Å²) < 4.78 is 19.5. The Kier molecular flexibility index (Phi) is 5.51. The molecule has 0 saturated carbocycles. The zero-order valence-electron chi connectivity index (χ0n) is 14.4. The molecule has 1 aromatic carbocycles. The van der Waals surface area contributed by atoms with Crippen LogP contribution in [0.5, 0.6) is 0 Å². The molecule has 6 nitrogen and oxygen atoms in total. The van der Waals surface area contributed by atoms with Crippen molar-refractivity contribution in [2.45, 2.75) is 32.9 Å². The lowest BCUT2D eigenvalue weighted by Crippen LogP contribution is -2.32. The van der Waals surface area contributed by atoms with E-state index in [1.165, 1.54) is 18.3 Å². The molecule has 0 atom stereocenters. The van der Waals surface area contributed by atoms with Crippen molar-refractivity contribution in [1.29, 1.82) is 0 Å². The Morgan fingerprint density at radius 3 is 2.42 bits per heavy atom. The number of hydrogen-bond acceptors (Lipinski definition) is 4. The van der Waals surface area contributed by atoms with Crippen molar-refractivity contribution in [2.24, 2.45) is 0 Å². The molecule has 0 aliphatic carbocycles. The van der Waals surface area contributed by atoms with Gasteiger partial charge in [-0.1, -0.05) is 17.7 Å². The van der Waals surface area contributed by atoms with Gasteiger partial charge in [-0.05, 0) is 50.1 Å². The molecule has 1 N–H and O–H groups in total. The minimum atomic E-state index is -1.44. The van der Waals surface area contributed by atoms with Crippen molar-refractivity contribution < 1.29 is 23.8 Å². The number of carboxylic acids is 1. The van der Waals surface area contributed by atoms with Crippen LogP contribution in [0.2, 0.25) is 5.02 Å². The van der Waals surface area contributed by atoms with Crippen molar-refractivity contribution in [3.63, 3.8) is 0 Å². The first kappa shape index (κ1) is 19.7. The monoisotopic (exact) mass is 381 g/mol. The van der Waals surface area contributed by atoms with Crippen LogP contribution in [-0.2, 0) is 16.1 Å². The fourth-order valence-electron chi connectivity index (χ4n) is 2.25. The van der Waals surface area contributed by atoms with E-state index in [2.05, 4.69) is 0 Å². The minimum absolute atomic E-state index is 0.149. The van der Waals surface area contributed by atoms with Crippen molar-refractivity contribution in [3.8, 4) is 11.1 Å². The molecule has 0 radical (unpaired) electrons. The number of carbonyl (C=O) groups is 2. The number of pyridine rings is 1. The number of aromatic carboxylic acids is 1. The van der Waals surface area contributed by atoms with Gasteiger partial charge in [-0.3, -0.25) is 9.59 Å². The average molecular weight is 382 g/mol. The molecule has 0 saturated heterocycles. The Labute approximate surface area is 153 Å². The van der Waals surface area contributed by atoms with E-state index in [1.807, 2.05) is 0 Å². The van der Waals surface area contributed by atoms with Crippen LogP contribution in [-0.4, -0.2) is 27.2 Å². The number of halogens is 2. The molecule has 2 aromatic rings. The van der Waals surface area contributed by atoms with Gasteiger partial charge in [0.05, 0.1) is 5.02 Å². The van der Waals surface area contributed by atoms with Crippen LogP contribution in [0.25, 0.3) is 11.1 Å². The lowest BCUT2D eigenvalue weighted by atomic mass is 10.1. The Bertz CT molecular complexity index is 930. The SMILES string of the molecule is CC(C)(C)OC(=O)Cn1cc(-c2ccc(F)c(Cl)c2)cc(C(=O)O)c1=O. The highest BCUT2D eigenvalue weighted by molar-refractivity contribution is 6.31. The maximum atomic E-state index is 13.4. The predicted molar refractivity (Wildman–Crippen MR) is 93.9 cm³/mol. The summed E-state index contributed by atoms with van der Waals surface area (Å²) >= 11 is 5.76. The van der Waals surface area contributed by atoms with Crippen molar-refractivity contribution >= 4 is 23.5 Å². The van der Waals surface area contributed by atoms with E-state index in [1.54, 1.807) is 20.8 Å². The van der Waals surface area contributed by atoms with Gasteiger partial charge >= 0.3 is 11.9 Å². The molecule has 1 heterocycles. The highest BCUT2D eigenvalue weighted by Crippen LogP contribution is 2.25. The minimum Gasteiger partial charge on any atom is -0.477 e. The Balaban J connectivity index is 2.52. The van der Waals surface area contributed by atoms with Crippen LogP contribution in [0.1, 0.15) is 31.1 Å². The van der Waals surface area contributed by atoms with Gasteiger partial charge in [0.25, 0.3) is 5.56 Å². The van der Waals surface area contributed by atoms with Gasteiger partial charge in [-0.15, -0.1) is 0 Å². The van der Waals surface area contributed by atoms with Crippen LogP contribution in [0, 0.1) is 5.82 Å². The van der Waals surface area contributed by atoms with E-state index >= 15 is 0 Å². The third kappa shape index (κ3) is 4.70. The molecule has 8 heteroatoms. The zero-order chi connectivity index (χ0) is 19.6. The highest BCUT2D eigenvalue weighted by Gasteiger charge is 2.20. The number of hydrogen-bond donors (Lipinski definition) is 1. The molecule has 0 unspecified atom stereocenters. The summed E-state index contributed by atoms with van der Waals surface area (Å²) in [5, 5.41) is 9.12. The summed E-state index contributed by atoms with van der Waals surface area (Å²) in [5.41, 5.74) is -1.42. The second-order valence-corrected chi connectivity index (χ2v) is 7.00. The van der Waals surface area contributed by atoms with E-state index in [4.69, 9.17) is 16.3 Å². The van der Waals surface area contributed by atoms with Gasteiger partial charge < -0.3 is 14.4 Å². The topological polar surface area (TPSA) is 85.6 Å². The highest BCUT2D eigenvalue weighted by atomic mass is 35.5. The summed E-state index contributed by atoms with van der Waals surface area (Å²) in [5.74, 6) is -2.76. The Morgan fingerprint density at radius 1 is 1.23 bits per heavy atom. The molecule has 0 aliphatic heterocycles. The number of aromatic nitrogens is 1. The van der Waals surface area contributed by atoms with E-state index in [9.17, 15) is 23.9 Å². The van der Waals surface area contributed by atoms with E-state index in [0.717, 1.165) is 16.7 Å². The molecule has 26 heavy (non-hydrogen) atoms. The molecular weight excluding hydrogens is 365 g/mol. The number of benzene rings is 1. The average Bonchev–Trinajstić information content (AvgIpc) is 2.50. The fraction of sp³-hybridized carbons (Fsp3) is 0.278. The predicted octanol–water partition coefficient (Wildman–Crippen LogP) is 3.35. The van der Waals surface area contributed by atoms with E-state index in [-0.39, 0.29) is 5.02 Å². The number of ether oxygens (including phenoxy) is 1. The van der Waals surface area contributed by atoms with Gasteiger partial charge in [-0.2, -0.15) is 0 Å². The standard InChI is InChI=1S/C18H17ClFNO5/c1-18(2,3)26-15(22)9-21-8-11(6-12(16(21)23)17(24)25)10-4-5-14(20)13(19)7-10/h4-8H,9H2,1-3H3,(H,24,25). The van der Waals surface area contributed by atoms with Crippen molar-refractivity contribution in [2.75, 3.05) is 0 Å². The molecule has 2 rings (SSSR count). The Hall–Kier alpha value is -2.67. The van der Waals surface area contributed by atoms with Gasteiger partial charge in [0.1, 0.15) is 23.5 Å². The van der Waals surface area contributed by atoms with Crippen LogP contribution in [0.3, 0.4) is 0 Å². The zero-order valence-corrected chi connectivity index (χ0v) is 15.1. The summed E-state index contributed by atoms with van der Waals surface area (Å²) in [4.78, 5) is 35.7.